The van der Waals surface area contributed by atoms with Gasteiger partial charge in [-0.2, -0.15) is 0 Å². The van der Waals surface area contributed by atoms with Crippen LogP contribution in [0, 0.1) is 5.82 Å². The number of nitrogens with zero attached hydrogens (tertiary/aromatic N) is 4. The standard InChI is InChI=1S/C22H19F3N6O2S/c23-15-5-3-14(4-6-15)17-9-10-18-21(28-17)19(11-20(24)25)30-22(29-18)31(26)12-13-1-7-16(8-2-13)34(27,32)33/h1-10,20H,11-12,26H2,(H2,27,32,33). The minimum absolute atomic E-state index is 0.00462. The van der Waals surface area contributed by atoms with Crippen molar-refractivity contribution in [3.05, 3.63) is 77.7 Å². The average molecular weight is 488 g/mol. The number of anilines is 1. The van der Waals surface area contributed by atoms with Crippen molar-refractivity contribution < 1.29 is 21.6 Å². The quantitative estimate of drug-likeness (QED) is 0.302. The van der Waals surface area contributed by atoms with Gasteiger partial charge in [-0.05, 0) is 54.1 Å². The van der Waals surface area contributed by atoms with Crippen molar-refractivity contribution >= 4 is 27.0 Å². The molecule has 0 radical (unpaired) electrons. The molecule has 2 heterocycles. The highest BCUT2D eigenvalue weighted by molar-refractivity contribution is 7.89. The Hall–Kier alpha value is -3.61. The second kappa shape index (κ2) is 9.33. The van der Waals surface area contributed by atoms with Crippen molar-refractivity contribution in [2.75, 3.05) is 5.01 Å². The van der Waals surface area contributed by atoms with Crippen molar-refractivity contribution in [2.45, 2.75) is 24.3 Å². The number of halogens is 3. The summed E-state index contributed by atoms with van der Waals surface area (Å²) in [7, 11) is -3.83. The van der Waals surface area contributed by atoms with Gasteiger partial charge in [0.1, 0.15) is 11.3 Å². The Kier molecular flexibility index (Phi) is 6.46. The molecule has 176 valence electrons. The Morgan fingerprint density at radius 3 is 2.21 bits per heavy atom. The van der Waals surface area contributed by atoms with Crippen LogP contribution in [-0.4, -0.2) is 29.8 Å². The number of hydrazine groups is 1. The lowest BCUT2D eigenvalue weighted by Gasteiger charge is -2.18. The normalized spacial score (nSPS) is 11.8. The number of hydrogen-bond donors (Lipinski definition) is 2. The largest absolute Gasteiger partial charge is 0.274 e. The highest BCUT2D eigenvalue weighted by Gasteiger charge is 2.18. The van der Waals surface area contributed by atoms with Crippen molar-refractivity contribution in [3.63, 3.8) is 0 Å². The van der Waals surface area contributed by atoms with Crippen molar-refractivity contribution in [1.82, 2.24) is 15.0 Å². The van der Waals surface area contributed by atoms with Crippen LogP contribution in [0.5, 0.6) is 0 Å². The Morgan fingerprint density at radius 1 is 0.912 bits per heavy atom. The topological polar surface area (TPSA) is 128 Å². The molecule has 0 saturated heterocycles. The summed E-state index contributed by atoms with van der Waals surface area (Å²) in [4.78, 5) is 13.0. The number of pyridine rings is 1. The van der Waals surface area contributed by atoms with Gasteiger partial charge in [0, 0.05) is 5.56 Å². The number of sulfonamides is 1. The van der Waals surface area contributed by atoms with Crippen molar-refractivity contribution in [1.29, 1.82) is 0 Å². The second-order valence-corrected chi connectivity index (χ2v) is 9.01. The van der Waals surface area contributed by atoms with E-state index in [0.717, 1.165) is 5.01 Å². The van der Waals surface area contributed by atoms with Gasteiger partial charge >= 0.3 is 0 Å². The van der Waals surface area contributed by atoms with E-state index in [0.29, 0.717) is 22.3 Å². The van der Waals surface area contributed by atoms with E-state index in [-0.39, 0.29) is 28.6 Å². The molecular weight excluding hydrogens is 469 g/mol. The van der Waals surface area contributed by atoms with Crippen LogP contribution >= 0.6 is 0 Å². The number of primary sulfonamides is 1. The zero-order valence-electron chi connectivity index (χ0n) is 17.6. The van der Waals surface area contributed by atoms with Crippen LogP contribution in [0.15, 0.2) is 65.6 Å². The van der Waals surface area contributed by atoms with E-state index in [1.807, 2.05) is 0 Å². The third-order valence-electron chi connectivity index (χ3n) is 4.95. The molecule has 0 amide bonds. The maximum atomic E-state index is 13.3. The van der Waals surface area contributed by atoms with Crippen LogP contribution in [0.2, 0.25) is 0 Å². The Bertz CT molecular complexity index is 1430. The predicted molar refractivity (Wildman–Crippen MR) is 121 cm³/mol. The van der Waals surface area contributed by atoms with E-state index in [1.165, 1.54) is 48.5 Å². The van der Waals surface area contributed by atoms with E-state index in [1.54, 1.807) is 12.1 Å². The van der Waals surface area contributed by atoms with Gasteiger partial charge in [0.25, 0.3) is 0 Å². The molecule has 0 aliphatic heterocycles. The molecule has 4 rings (SSSR count). The lowest BCUT2D eigenvalue weighted by atomic mass is 10.1. The second-order valence-electron chi connectivity index (χ2n) is 7.45. The molecule has 0 aliphatic rings. The van der Waals surface area contributed by atoms with Crippen molar-refractivity contribution in [2.24, 2.45) is 11.0 Å². The van der Waals surface area contributed by atoms with E-state index in [9.17, 15) is 21.6 Å². The third-order valence-corrected chi connectivity index (χ3v) is 5.88. The van der Waals surface area contributed by atoms with Crippen LogP contribution in [0.4, 0.5) is 19.1 Å². The van der Waals surface area contributed by atoms with Crippen LogP contribution in [-0.2, 0) is 23.0 Å². The molecule has 12 heteroatoms. The number of hydrogen-bond acceptors (Lipinski definition) is 7. The molecule has 0 bridgehead atoms. The summed E-state index contributed by atoms with van der Waals surface area (Å²) in [5.41, 5.74) is 2.21. The number of fused-ring (bicyclic) bond motifs is 1. The maximum Gasteiger partial charge on any atom is 0.244 e. The van der Waals surface area contributed by atoms with Gasteiger partial charge in [-0.1, -0.05) is 12.1 Å². The number of nitrogens with two attached hydrogens (primary N) is 2. The fourth-order valence-corrected chi connectivity index (χ4v) is 3.83. The summed E-state index contributed by atoms with van der Waals surface area (Å²) < 4.78 is 62.6. The number of rotatable bonds is 7. The number of alkyl halides is 2. The molecule has 0 aliphatic carbocycles. The fraction of sp³-hybridized carbons (Fsp3) is 0.136. The number of benzene rings is 2. The minimum atomic E-state index is -3.83. The molecule has 4 N–H and O–H groups in total. The van der Waals surface area contributed by atoms with Gasteiger partial charge in [0.15, 0.2) is 0 Å². The maximum absolute atomic E-state index is 13.3. The SMILES string of the molecule is NN(Cc1ccc(S(N)(=O)=O)cc1)c1nc(CC(F)F)c2nc(-c3ccc(F)cc3)ccc2n1. The molecule has 0 spiro atoms. The van der Waals surface area contributed by atoms with Crippen LogP contribution in [0.3, 0.4) is 0 Å². The Labute approximate surface area is 193 Å². The average Bonchev–Trinajstić information content (AvgIpc) is 2.78. The number of aromatic nitrogens is 3. The molecule has 2 aromatic carbocycles. The molecule has 0 unspecified atom stereocenters. The molecule has 0 saturated carbocycles. The summed E-state index contributed by atoms with van der Waals surface area (Å²) in [6, 6.07) is 14.6. The first-order valence-corrected chi connectivity index (χ1v) is 11.5. The Morgan fingerprint density at radius 2 is 1.59 bits per heavy atom. The van der Waals surface area contributed by atoms with Gasteiger partial charge < -0.3 is 0 Å². The molecular formula is C22H19F3N6O2S. The lowest BCUT2D eigenvalue weighted by molar-refractivity contribution is 0.148. The minimum Gasteiger partial charge on any atom is -0.274 e. The summed E-state index contributed by atoms with van der Waals surface area (Å²) in [5.74, 6) is 5.69. The van der Waals surface area contributed by atoms with Gasteiger partial charge in [0.2, 0.25) is 22.4 Å². The zero-order chi connectivity index (χ0) is 24.5. The molecule has 8 nitrogen and oxygen atoms in total. The van der Waals surface area contributed by atoms with Gasteiger partial charge in [-0.3, -0.25) is 5.01 Å². The van der Waals surface area contributed by atoms with Crippen molar-refractivity contribution in [3.8, 4) is 11.3 Å². The highest BCUT2D eigenvalue weighted by Crippen LogP contribution is 2.25. The summed E-state index contributed by atoms with van der Waals surface area (Å²) in [6.45, 7) is 0.0750. The fourth-order valence-electron chi connectivity index (χ4n) is 3.31. The van der Waals surface area contributed by atoms with Gasteiger partial charge in [-0.25, -0.2) is 47.5 Å². The third kappa shape index (κ3) is 5.30. The van der Waals surface area contributed by atoms with Gasteiger partial charge in [0.05, 0.1) is 34.8 Å². The van der Waals surface area contributed by atoms with E-state index >= 15 is 0 Å². The van der Waals surface area contributed by atoms with E-state index < -0.39 is 28.7 Å². The zero-order valence-corrected chi connectivity index (χ0v) is 18.4. The van der Waals surface area contributed by atoms with Crippen LogP contribution in [0.1, 0.15) is 11.3 Å². The lowest BCUT2D eigenvalue weighted by Crippen LogP contribution is -2.32. The Balaban J connectivity index is 1.68. The van der Waals surface area contributed by atoms with E-state index in [2.05, 4.69) is 15.0 Å². The molecule has 34 heavy (non-hydrogen) atoms. The summed E-state index contributed by atoms with van der Waals surface area (Å²) in [6.07, 6.45) is -3.35. The summed E-state index contributed by atoms with van der Waals surface area (Å²) >= 11 is 0. The smallest absolute Gasteiger partial charge is 0.244 e. The monoisotopic (exact) mass is 488 g/mol. The van der Waals surface area contributed by atoms with Crippen LogP contribution in [0.25, 0.3) is 22.3 Å². The first kappa shape index (κ1) is 23.5. The van der Waals surface area contributed by atoms with Gasteiger partial charge in [-0.15, -0.1) is 0 Å². The summed E-state index contributed by atoms with van der Waals surface area (Å²) in [5, 5.41) is 6.26. The van der Waals surface area contributed by atoms with E-state index in [4.69, 9.17) is 11.0 Å². The molecule has 2 aromatic heterocycles. The van der Waals surface area contributed by atoms with Crippen LogP contribution < -0.4 is 16.0 Å². The first-order chi connectivity index (χ1) is 16.1. The first-order valence-electron chi connectivity index (χ1n) is 9.96. The predicted octanol–water partition coefficient (Wildman–Crippen LogP) is 3.17. The molecule has 4 aromatic rings. The molecule has 0 fully saturated rings. The highest BCUT2D eigenvalue weighted by atomic mass is 32.2. The molecule has 0 atom stereocenters.